The molecule has 1 saturated heterocycles. The van der Waals surface area contributed by atoms with E-state index in [0.29, 0.717) is 35.1 Å². The number of amides is 2. The summed E-state index contributed by atoms with van der Waals surface area (Å²) in [7, 11) is 0. The molecule has 1 aliphatic rings. The van der Waals surface area contributed by atoms with Crippen LogP contribution >= 0.6 is 0 Å². The van der Waals surface area contributed by atoms with E-state index in [0.717, 1.165) is 19.3 Å². The summed E-state index contributed by atoms with van der Waals surface area (Å²) in [5, 5.41) is 2.55. The molecular formula is C24H25FN6O2. The Hall–Kier alpha value is -3.75. The first kappa shape index (κ1) is 22.4. The Bertz CT molecular complexity index is 1220. The number of aryl methyl sites for hydroxylation is 3. The third kappa shape index (κ3) is 4.72. The lowest BCUT2D eigenvalue weighted by atomic mass is 9.99. The average molecular weight is 449 g/mol. The van der Waals surface area contributed by atoms with E-state index in [2.05, 4.69) is 25.3 Å². The van der Waals surface area contributed by atoms with Gasteiger partial charge in [0, 0.05) is 18.9 Å². The van der Waals surface area contributed by atoms with Crippen molar-refractivity contribution in [3.05, 3.63) is 76.6 Å². The van der Waals surface area contributed by atoms with E-state index >= 15 is 0 Å². The van der Waals surface area contributed by atoms with Crippen LogP contribution in [-0.4, -0.2) is 43.2 Å². The number of likely N-dealkylation sites (tertiary alicyclic amines) is 1. The number of carbonyl (C=O) groups excluding carboxylic acids is 2. The second-order valence-electron chi connectivity index (χ2n) is 8.09. The topological polar surface area (TPSA) is 101 Å². The Morgan fingerprint density at radius 2 is 1.73 bits per heavy atom. The van der Waals surface area contributed by atoms with Crippen LogP contribution in [0.1, 0.15) is 69.1 Å². The van der Waals surface area contributed by atoms with E-state index in [9.17, 15) is 14.0 Å². The first-order valence-corrected chi connectivity index (χ1v) is 10.9. The molecule has 1 N–H and O–H groups in total. The zero-order valence-corrected chi connectivity index (χ0v) is 18.8. The quantitative estimate of drug-likeness (QED) is 0.649. The first-order chi connectivity index (χ1) is 15.8. The number of anilines is 1. The number of para-hydroxylation sites is 1. The molecule has 0 radical (unpaired) electrons. The summed E-state index contributed by atoms with van der Waals surface area (Å²) in [6, 6.07) is 5.64. The highest BCUT2D eigenvalue weighted by molar-refractivity contribution is 6.04. The number of halogens is 1. The second-order valence-corrected chi connectivity index (χ2v) is 8.09. The van der Waals surface area contributed by atoms with Crippen LogP contribution in [-0.2, 0) is 0 Å². The Labute approximate surface area is 191 Å². The van der Waals surface area contributed by atoms with Crippen LogP contribution in [0.2, 0.25) is 0 Å². The zero-order chi connectivity index (χ0) is 23.5. The smallest absolute Gasteiger partial charge is 0.259 e. The molecule has 2 amide bonds. The number of aromatic nitrogens is 4. The number of piperidine rings is 1. The van der Waals surface area contributed by atoms with E-state index in [1.165, 1.54) is 18.3 Å². The van der Waals surface area contributed by atoms with Gasteiger partial charge in [0.15, 0.2) is 5.82 Å². The van der Waals surface area contributed by atoms with Crippen molar-refractivity contribution in [3.8, 4) is 0 Å². The van der Waals surface area contributed by atoms with Gasteiger partial charge in [-0.15, -0.1) is 0 Å². The van der Waals surface area contributed by atoms with E-state index in [1.807, 2.05) is 0 Å². The largest absolute Gasteiger partial charge is 0.328 e. The molecule has 8 nitrogen and oxygen atoms in total. The molecule has 9 heteroatoms. The molecule has 1 atom stereocenters. The minimum Gasteiger partial charge on any atom is -0.328 e. The van der Waals surface area contributed by atoms with Crippen LogP contribution in [0.4, 0.5) is 10.1 Å². The Morgan fingerprint density at radius 3 is 2.45 bits per heavy atom. The molecule has 1 fully saturated rings. The van der Waals surface area contributed by atoms with Gasteiger partial charge in [-0.3, -0.25) is 9.59 Å². The van der Waals surface area contributed by atoms with Gasteiger partial charge in [-0.1, -0.05) is 12.1 Å². The normalized spacial score (nSPS) is 15.9. The van der Waals surface area contributed by atoms with Gasteiger partial charge in [0.25, 0.3) is 11.8 Å². The minimum atomic E-state index is -0.521. The number of nitrogens with zero attached hydrogens (tertiary/aromatic N) is 5. The predicted molar refractivity (Wildman–Crippen MR) is 120 cm³/mol. The van der Waals surface area contributed by atoms with Gasteiger partial charge >= 0.3 is 0 Å². The van der Waals surface area contributed by atoms with Gasteiger partial charge in [0.2, 0.25) is 0 Å². The summed E-state index contributed by atoms with van der Waals surface area (Å²) in [5.74, 6) is -0.0723. The van der Waals surface area contributed by atoms with Gasteiger partial charge in [0.1, 0.15) is 11.6 Å². The molecule has 1 aliphatic heterocycles. The van der Waals surface area contributed by atoms with Crippen LogP contribution < -0.4 is 5.32 Å². The molecular weight excluding hydrogens is 423 g/mol. The lowest BCUT2D eigenvalue weighted by Crippen LogP contribution is -2.40. The number of nitrogens with one attached hydrogen (secondary N) is 1. The van der Waals surface area contributed by atoms with E-state index in [4.69, 9.17) is 0 Å². The van der Waals surface area contributed by atoms with Crippen molar-refractivity contribution in [3.63, 3.8) is 0 Å². The fourth-order valence-corrected chi connectivity index (χ4v) is 4.01. The number of hydrogen-bond acceptors (Lipinski definition) is 6. The Kier molecular flexibility index (Phi) is 6.39. The maximum absolute atomic E-state index is 13.9. The maximum atomic E-state index is 13.9. The van der Waals surface area contributed by atoms with Crippen molar-refractivity contribution in [2.45, 2.75) is 46.1 Å². The Morgan fingerprint density at radius 1 is 1.00 bits per heavy atom. The molecule has 4 rings (SSSR count). The number of rotatable bonds is 4. The monoisotopic (exact) mass is 448 g/mol. The van der Waals surface area contributed by atoms with Crippen molar-refractivity contribution in [2.24, 2.45) is 0 Å². The Balaban J connectivity index is 1.58. The van der Waals surface area contributed by atoms with Crippen molar-refractivity contribution >= 4 is 17.5 Å². The van der Waals surface area contributed by atoms with Gasteiger partial charge in [-0.05, 0) is 52.2 Å². The lowest BCUT2D eigenvalue weighted by molar-refractivity contribution is 0.0597. The number of benzene rings is 1. The molecule has 0 aliphatic carbocycles. The van der Waals surface area contributed by atoms with Gasteiger partial charge in [-0.25, -0.2) is 24.3 Å². The van der Waals surface area contributed by atoms with Crippen LogP contribution in [0, 0.1) is 26.6 Å². The summed E-state index contributed by atoms with van der Waals surface area (Å²) in [4.78, 5) is 45.2. The third-order valence-electron chi connectivity index (χ3n) is 5.76. The molecule has 170 valence electrons. The fraction of sp³-hybridized carbons (Fsp3) is 0.333. The average Bonchev–Trinajstić information content (AvgIpc) is 2.80. The highest BCUT2D eigenvalue weighted by Crippen LogP contribution is 2.31. The fourth-order valence-electron chi connectivity index (χ4n) is 4.01. The van der Waals surface area contributed by atoms with Gasteiger partial charge < -0.3 is 10.2 Å². The molecule has 3 aromatic rings. The predicted octanol–water partition coefficient (Wildman–Crippen LogP) is 3.95. The summed E-state index contributed by atoms with van der Waals surface area (Å²) < 4.78 is 13.9. The molecule has 1 aromatic carbocycles. The SMILES string of the molecule is Cc1ncc(C(=O)N2CCCC[C@H]2c2ncc(C(=O)Nc3ccccc3F)c(C)n2)c(C)n1. The van der Waals surface area contributed by atoms with Crippen molar-refractivity contribution in [1.82, 2.24) is 24.8 Å². The summed E-state index contributed by atoms with van der Waals surface area (Å²) in [6.45, 7) is 5.86. The highest BCUT2D eigenvalue weighted by atomic mass is 19.1. The van der Waals surface area contributed by atoms with Crippen LogP contribution in [0.5, 0.6) is 0 Å². The zero-order valence-electron chi connectivity index (χ0n) is 18.8. The molecule has 0 bridgehead atoms. The van der Waals surface area contributed by atoms with Crippen LogP contribution in [0.15, 0.2) is 36.7 Å². The van der Waals surface area contributed by atoms with E-state index in [-0.39, 0.29) is 23.2 Å². The standard InChI is InChI=1S/C24H25FN6O2/c1-14-17(23(32)30-20-9-5-4-8-19(20)25)12-27-22(29-14)21-10-6-7-11-31(21)24(33)18-13-26-16(3)28-15(18)2/h4-5,8-9,12-13,21H,6-7,10-11H2,1-3H3,(H,30,32)/t21-/m0/s1. The maximum Gasteiger partial charge on any atom is 0.259 e. The molecule has 0 saturated carbocycles. The third-order valence-corrected chi connectivity index (χ3v) is 5.76. The molecule has 0 spiro atoms. The summed E-state index contributed by atoms with van der Waals surface area (Å²) in [6.07, 6.45) is 5.54. The molecule has 33 heavy (non-hydrogen) atoms. The second kappa shape index (κ2) is 9.40. The lowest BCUT2D eigenvalue weighted by Gasteiger charge is -2.35. The first-order valence-electron chi connectivity index (χ1n) is 10.9. The van der Waals surface area contributed by atoms with Crippen molar-refractivity contribution < 1.29 is 14.0 Å². The summed E-state index contributed by atoms with van der Waals surface area (Å²) >= 11 is 0. The van der Waals surface area contributed by atoms with E-state index in [1.54, 1.807) is 44.0 Å². The van der Waals surface area contributed by atoms with E-state index < -0.39 is 11.7 Å². The molecule has 0 unspecified atom stereocenters. The highest BCUT2D eigenvalue weighted by Gasteiger charge is 2.32. The summed E-state index contributed by atoms with van der Waals surface area (Å²) in [5.41, 5.74) is 1.89. The minimum absolute atomic E-state index is 0.0886. The van der Waals surface area contributed by atoms with Crippen LogP contribution in [0.3, 0.4) is 0 Å². The van der Waals surface area contributed by atoms with Crippen molar-refractivity contribution in [2.75, 3.05) is 11.9 Å². The van der Waals surface area contributed by atoms with Crippen LogP contribution in [0.25, 0.3) is 0 Å². The molecule has 3 heterocycles. The number of carbonyl (C=O) groups is 2. The van der Waals surface area contributed by atoms with Gasteiger partial charge in [-0.2, -0.15) is 0 Å². The van der Waals surface area contributed by atoms with Gasteiger partial charge in [0.05, 0.1) is 34.2 Å². The van der Waals surface area contributed by atoms with Crippen molar-refractivity contribution in [1.29, 1.82) is 0 Å². The number of hydrogen-bond donors (Lipinski definition) is 1. The molecule has 2 aromatic heterocycles.